The molecular weight excluding hydrogens is 328 g/mol. The zero-order chi connectivity index (χ0) is 17.9. The lowest BCUT2D eigenvalue weighted by atomic mass is 10.2. The van der Waals surface area contributed by atoms with Gasteiger partial charge in [-0.2, -0.15) is 5.10 Å². The Balaban J connectivity index is 1.29. The summed E-state index contributed by atoms with van der Waals surface area (Å²) in [5.74, 6) is 2.67. The fourth-order valence-corrected chi connectivity index (χ4v) is 3.72. The first-order valence-corrected chi connectivity index (χ1v) is 9.46. The van der Waals surface area contributed by atoms with E-state index in [9.17, 15) is 0 Å². The van der Waals surface area contributed by atoms with Gasteiger partial charge in [0.2, 0.25) is 5.88 Å². The minimum atomic E-state index is 0.598. The van der Waals surface area contributed by atoms with Crippen molar-refractivity contribution in [3.8, 4) is 5.88 Å². The Bertz CT molecular complexity index is 755. The zero-order valence-corrected chi connectivity index (χ0v) is 15.6. The molecule has 0 unspecified atom stereocenters. The van der Waals surface area contributed by atoms with E-state index in [0.29, 0.717) is 12.5 Å². The summed E-state index contributed by atoms with van der Waals surface area (Å²) in [4.78, 5) is 14.3. The summed E-state index contributed by atoms with van der Waals surface area (Å²) in [5.41, 5.74) is 3.55. The van der Waals surface area contributed by atoms with Crippen LogP contribution in [0.3, 0.4) is 0 Å². The van der Waals surface area contributed by atoms with Crippen LogP contribution in [-0.4, -0.2) is 64.4 Å². The van der Waals surface area contributed by atoms with Crippen LogP contribution in [0.4, 0.5) is 5.82 Å². The average molecular weight is 354 g/mol. The number of aryl methyl sites for hydroxylation is 3. The molecule has 0 atom stereocenters. The lowest BCUT2D eigenvalue weighted by molar-refractivity contribution is 0.195. The van der Waals surface area contributed by atoms with Crippen LogP contribution in [0.15, 0.2) is 12.1 Å². The monoisotopic (exact) mass is 354 g/mol. The number of hydrogen-bond donors (Lipinski definition) is 0. The van der Waals surface area contributed by atoms with Gasteiger partial charge in [0.15, 0.2) is 0 Å². The van der Waals surface area contributed by atoms with Crippen molar-refractivity contribution in [1.29, 1.82) is 0 Å². The molecule has 7 heteroatoms. The van der Waals surface area contributed by atoms with Crippen molar-refractivity contribution < 1.29 is 4.74 Å². The van der Waals surface area contributed by atoms with Crippen molar-refractivity contribution in [2.45, 2.75) is 33.1 Å². The Kier molecular flexibility index (Phi) is 4.97. The highest BCUT2D eigenvalue weighted by Crippen LogP contribution is 2.29. The summed E-state index contributed by atoms with van der Waals surface area (Å²) in [7, 11) is 0. The van der Waals surface area contributed by atoms with Gasteiger partial charge in [-0.1, -0.05) is 0 Å². The molecule has 2 aromatic heterocycles. The summed E-state index contributed by atoms with van der Waals surface area (Å²) >= 11 is 0. The molecule has 1 aliphatic carbocycles. The number of hydrogen-bond acceptors (Lipinski definition) is 7. The van der Waals surface area contributed by atoms with Crippen LogP contribution >= 0.6 is 0 Å². The molecule has 0 amide bonds. The molecule has 0 radical (unpaired) electrons. The van der Waals surface area contributed by atoms with E-state index in [4.69, 9.17) is 9.72 Å². The first-order valence-electron chi connectivity index (χ1n) is 9.46. The predicted molar refractivity (Wildman–Crippen MR) is 99.7 cm³/mol. The van der Waals surface area contributed by atoms with Crippen molar-refractivity contribution in [2.75, 3.05) is 44.2 Å². The fourth-order valence-electron chi connectivity index (χ4n) is 3.72. The molecule has 0 N–H and O–H groups in total. The van der Waals surface area contributed by atoms with Crippen LogP contribution in [0.5, 0.6) is 5.88 Å². The third-order valence-electron chi connectivity index (χ3n) is 5.13. The van der Waals surface area contributed by atoms with Crippen molar-refractivity contribution >= 4 is 5.82 Å². The van der Waals surface area contributed by atoms with Gasteiger partial charge in [-0.05, 0) is 39.2 Å². The second-order valence-corrected chi connectivity index (χ2v) is 7.06. The van der Waals surface area contributed by atoms with Crippen LogP contribution in [0.1, 0.15) is 29.2 Å². The van der Waals surface area contributed by atoms with Gasteiger partial charge in [0.25, 0.3) is 0 Å². The number of anilines is 1. The summed E-state index contributed by atoms with van der Waals surface area (Å²) < 4.78 is 5.70. The van der Waals surface area contributed by atoms with Crippen LogP contribution in [-0.2, 0) is 12.8 Å². The molecule has 2 aromatic rings. The highest BCUT2D eigenvalue weighted by atomic mass is 16.5. The average Bonchev–Trinajstić information content (AvgIpc) is 3.12. The molecule has 0 aromatic carbocycles. The largest absolute Gasteiger partial charge is 0.475 e. The number of fused-ring (bicyclic) bond motifs is 1. The van der Waals surface area contributed by atoms with Crippen molar-refractivity contribution in [3.63, 3.8) is 0 Å². The van der Waals surface area contributed by atoms with E-state index in [2.05, 4.69) is 25.0 Å². The number of aromatic nitrogens is 4. The molecule has 0 saturated carbocycles. The third kappa shape index (κ3) is 3.77. The Labute approximate surface area is 154 Å². The number of piperazine rings is 1. The molecule has 0 bridgehead atoms. The molecule has 1 aliphatic heterocycles. The van der Waals surface area contributed by atoms with Gasteiger partial charge >= 0.3 is 0 Å². The summed E-state index contributed by atoms with van der Waals surface area (Å²) in [5, 5.41) is 8.06. The normalized spacial score (nSPS) is 17.4. The Hall–Kier alpha value is -2.28. The highest BCUT2D eigenvalue weighted by molar-refractivity contribution is 5.51. The second-order valence-electron chi connectivity index (χ2n) is 7.06. The minimum absolute atomic E-state index is 0.598. The molecular formula is C19H26N6O. The Morgan fingerprint density at radius 3 is 2.62 bits per heavy atom. The number of nitrogens with zero attached hydrogens (tertiary/aromatic N) is 6. The maximum Gasteiger partial charge on any atom is 0.233 e. The van der Waals surface area contributed by atoms with Crippen LogP contribution in [0.2, 0.25) is 0 Å². The van der Waals surface area contributed by atoms with Crippen molar-refractivity contribution in [2.24, 2.45) is 0 Å². The fraction of sp³-hybridized carbons (Fsp3) is 0.579. The quantitative estimate of drug-likeness (QED) is 0.807. The van der Waals surface area contributed by atoms with Gasteiger partial charge in [0, 0.05) is 50.0 Å². The van der Waals surface area contributed by atoms with Gasteiger partial charge in [0.05, 0.1) is 5.69 Å². The Morgan fingerprint density at radius 2 is 1.85 bits per heavy atom. The lowest BCUT2D eigenvalue weighted by Crippen LogP contribution is -2.48. The highest BCUT2D eigenvalue weighted by Gasteiger charge is 2.25. The molecule has 1 fully saturated rings. The molecule has 26 heavy (non-hydrogen) atoms. The number of ether oxygens (including phenoxy) is 1. The van der Waals surface area contributed by atoms with E-state index >= 15 is 0 Å². The lowest BCUT2D eigenvalue weighted by Gasteiger charge is -2.36. The van der Waals surface area contributed by atoms with Gasteiger partial charge in [-0.25, -0.2) is 9.97 Å². The van der Waals surface area contributed by atoms with Crippen LogP contribution in [0.25, 0.3) is 0 Å². The third-order valence-corrected chi connectivity index (χ3v) is 5.13. The maximum atomic E-state index is 5.70. The molecule has 0 spiro atoms. The topological polar surface area (TPSA) is 67.3 Å². The van der Waals surface area contributed by atoms with Crippen molar-refractivity contribution in [3.05, 3.63) is 34.9 Å². The second kappa shape index (κ2) is 7.53. The maximum absolute atomic E-state index is 5.70. The van der Waals surface area contributed by atoms with Gasteiger partial charge < -0.3 is 9.64 Å². The molecule has 3 heterocycles. The summed E-state index contributed by atoms with van der Waals surface area (Å²) in [6.45, 7) is 9.54. The SMILES string of the molecule is Cc1ccc(OCCN2CCN(c3nc(C)nc4c3CCC4)CC2)nn1. The standard InChI is InChI=1S/C19H26N6O/c1-14-6-7-18(23-22-14)26-13-12-24-8-10-25(11-9-24)19-16-4-3-5-17(16)20-15(2)21-19/h6-7H,3-5,8-13H2,1-2H3. The molecule has 1 saturated heterocycles. The minimum Gasteiger partial charge on any atom is -0.475 e. The molecule has 2 aliphatic rings. The van der Waals surface area contributed by atoms with Crippen LogP contribution < -0.4 is 9.64 Å². The Morgan fingerprint density at radius 1 is 1.00 bits per heavy atom. The first kappa shape index (κ1) is 17.1. The van der Waals surface area contributed by atoms with E-state index in [-0.39, 0.29) is 0 Å². The first-order chi connectivity index (χ1) is 12.7. The van der Waals surface area contributed by atoms with E-state index in [1.165, 1.54) is 23.5 Å². The van der Waals surface area contributed by atoms with Gasteiger partial charge in [-0.15, -0.1) is 5.10 Å². The van der Waals surface area contributed by atoms with E-state index in [0.717, 1.165) is 57.1 Å². The number of rotatable bonds is 5. The van der Waals surface area contributed by atoms with Crippen LogP contribution in [0, 0.1) is 13.8 Å². The predicted octanol–water partition coefficient (Wildman–Crippen LogP) is 1.57. The van der Waals surface area contributed by atoms with Gasteiger partial charge in [0.1, 0.15) is 18.2 Å². The zero-order valence-electron chi connectivity index (χ0n) is 15.6. The van der Waals surface area contributed by atoms with Gasteiger partial charge in [-0.3, -0.25) is 4.90 Å². The molecule has 7 nitrogen and oxygen atoms in total. The van der Waals surface area contributed by atoms with E-state index in [1.807, 2.05) is 26.0 Å². The smallest absolute Gasteiger partial charge is 0.233 e. The van der Waals surface area contributed by atoms with E-state index < -0.39 is 0 Å². The summed E-state index contributed by atoms with van der Waals surface area (Å²) in [6.07, 6.45) is 3.43. The summed E-state index contributed by atoms with van der Waals surface area (Å²) in [6, 6.07) is 3.79. The van der Waals surface area contributed by atoms with E-state index in [1.54, 1.807) is 0 Å². The molecule has 138 valence electrons. The van der Waals surface area contributed by atoms with Crippen molar-refractivity contribution in [1.82, 2.24) is 25.1 Å². The molecule has 4 rings (SSSR count).